The molecule has 0 bridgehead atoms. The number of hydrogen-bond donors (Lipinski definition) is 3. The van der Waals surface area contributed by atoms with Crippen molar-refractivity contribution in [2.24, 2.45) is 0 Å². The van der Waals surface area contributed by atoms with E-state index in [0.29, 0.717) is 17.9 Å². The molecule has 23 heavy (non-hydrogen) atoms. The summed E-state index contributed by atoms with van der Waals surface area (Å²) in [6.07, 6.45) is 2.78. The predicted molar refractivity (Wildman–Crippen MR) is 94.3 cm³/mol. The van der Waals surface area contributed by atoms with Crippen LogP contribution in [0.5, 0.6) is 0 Å². The van der Waals surface area contributed by atoms with Crippen LogP contribution >= 0.6 is 12.2 Å². The fourth-order valence-corrected chi connectivity index (χ4v) is 3.20. The van der Waals surface area contributed by atoms with Crippen LogP contribution < -0.4 is 15.8 Å². The van der Waals surface area contributed by atoms with Gasteiger partial charge in [-0.25, -0.2) is 0 Å². The van der Waals surface area contributed by atoms with Crippen molar-refractivity contribution in [2.75, 3.05) is 18.5 Å². The molecule has 3 rings (SSSR count). The Morgan fingerprint density at radius 1 is 1.35 bits per heavy atom. The minimum atomic E-state index is -0.0882. The van der Waals surface area contributed by atoms with E-state index in [9.17, 15) is 4.79 Å². The van der Waals surface area contributed by atoms with Gasteiger partial charge in [0, 0.05) is 13.0 Å². The first kappa shape index (κ1) is 15.7. The van der Waals surface area contributed by atoms with Crippen molar-refractivity contribution in [1.82, 2.24) is 9.55 Å². The minimum Gasteiger partial charge on any atom is -0.324 e. The van der Waals surface area contributed by atoms with Crippen LogP contribution in [-0.4, -0.2) is 22.8 Å². The Kier molecular flexibility index (Phi) is 4.73. The molecular weight excluding hydrogens is 308 g/mol. The topological polar surface area (TPSA) is 54.3 Å². The van der Waals surface area contributed by atoms with E-state index in [4.69, 9.17) is 12.2 Å². The van der Waals surface area contributed by atoms with E-state index >= 15 is 0 Å². The summed E-state index contributed by atoms with van der Waals surface area (Å²) in [4.78, 5) is 16.4. The number of nitrogens with zero attached hydrogens (tertiary/aromatic N) is 1. The molecule has 3 N–H and O–H groups in total. The molecule has 0 amide bonds. The lowest BCUT2D eigenvalue weighted by Gasteiger charge is -2.28. The molecular formula is C17H21N4OS+. The number of allylic oxidation sites excluding steroid dienone is 1. The molecule has 1 aromatic heterocycles. The summed E-state index contributed by atoms with van der Waals surface area (Å²) in [7, 11) is 0. The van der Waals surface area contributed by atoms with Crippen LogP contribution in [0.15, 0.2) is 47.8 Å². The van der Waals surface area contributed by atoms with Gasteiger partial charge in [0.1, 0.15) is 17.9 Å². The van der Waals surface area contributed by atoms with Gasteiger partial charge in [0.15, 0.2) is 11.4 Å². The van der Waals surface area contributed by atoms with Crippen LogP contribution in [0, 0.1) is 4.77 Å². The van der Waals surface area contributed by atoms with Crippen molar-refractivity contribution >= 4 is 18.0 Å². The Bertz CT molecular complexity index is 810. The average molecular weight is 329 g/mol. The monoisotopic (exact) mass is 329 g/mol. The number of quaternary nitrogens is 1. The second kappa shape index (κ2) is 6.93. The van der Waals surface area contributed by atoms with Crippen molar-refractivity contribution in [2.45, 2.75) is 19.5 Å². The van der Waals surface area contributed by atoms with Crippen molar-refractivity contribution in [1.29, 1.82) is 0 Å². The Balaban J connectivity index is 1.78. The third-order valence-corrected chi connectivity index (χ3v) is 4.47. The van der Waals surface area contributed by atoms with Crippen molar-refractivity contribution < 1.29 is 4.90 Å². The van der Waals surface area contributed by atoms with Crippen LogP contribution in [-0.2, 0) is 19.5 Å². The lowest BCUT2D eigenvalue weighted by molar-refractivity contribution is -0.912. The first-order valence-corrected chi connectivity index (χ1v) is 8.18. The number of H-pyrrole nitrogens is 1. The van der Waals surface area contributed by atoms with E-state index in [-0.39, 0.29) is 5.56 Å². The molecule has 1 aliphatic heterocycles. The van der Waals surface area contributed by atoms with Gasteiger partial charge in [-0.05, 0) is 17.8 Å². The molecule has 120 valence electrons. The maximum Gasteiger partial charge on any atom is 0.262 e. The number of aromatic nitrogens is 2. The summed E-state index contributed by atoms with van der Waals surface area (Å²) < 4.78 is 2.33. The quantitative estimate of drug-likeness (QED) is 0.569. The van der Waals surface area contributed by atoms with E-state index in [2.05, 4.69) is 41.1 Å². The number of hydrogen-bond acceptors (Lipinski definition) is 3. The molecule has 0 aliphatic carbocycles. The third-order valence-electron chi connectivity index (χ3n) is 4.15. The third kappa shape index (κ3) is 3.43. The Morgan fingerprint density at radius 2 is 2.13 bits per heavy atom. The highest BCUT2D eigenvalue weighted by molar-refractivity contribution is 7.71. The largest absolute Gasteiger partial charge is 0.324 e. The molecule has 6 heteroatoms. The fourth-order valence-electron chi connectivity index (χ4n) is 2.95. The van der Waals surface area contributed by atoms with Gasteiger partial charge in [0.25, 0.3) is 5.56 Å². The highest BCUT2D eigenvalue weighted by Crippen LogP contribution is 2.13. The Hall–Kier alpha value is -2.18. The summed E-state index contributed by atoms with van der Waals surface area (Å²) in [5, 5.41) is 3.38. The molecule has 0 spiro atoms. The smallest absolute Gasteiger partial charge is 0.262 e. The zero-order chi connectivity index (χ0) is 16.2. The number of aromatic amines is 1. The van der Waals surface area contributed by atoms with Crippen LogP contribution in [0.3, 0.4) is 0 Å². The molecule has 0 fully saturated rings. The average Bonchev–Trinajstić information content (AvgIpc) is 2.58. The van der Waals surface area contributed by atoms with Gasteiger partial charge in [0.05, 0.1) is 6.54 Å². The summed E-state index contributed by atoms with van der Waals surface area (Å²) in [6.45, 7) is 6.81. The summed E-state index contributed by atoms with van der Waals surface area (Å²) in [5.41, 5.74) is 2.01. The molecule has 0 saturated carbocycles. The van der Waals surface area contributed by atoms with Crippen LogP contribution in [0.1, 0.15) is 11.1 Å². The zero-order valence-electron chi connectivity index (χ0n) is 13.0. The second-order valence-electron chi connectivity index (χ2n) is 5.75. The summed E-state index contributed by atoms with van der Waals surface area (Å²) in [5.74, 6) is 0.835. The summed E-state index contributed by atoms with van der Waals surface area (Å²) >= 11 is 5.25. The molecule has 1 atom stereocenters. The standard InChI is InChI=1S/C17H20N4OS/c1-2-9-21-15-14(16(22)19-17(21)23)11-20(12-18-15)10-8-13-6-4-3-5-7-13/h2-7,18H,1,8-12H2,(H,19,22,23)/p+1. The van der Waals surface area contributed by atoms with E-state index in [1.54, 1.807) is 6.08 Å². The highest BCUT2D eigenvalue weighted by atomic mass is 32.1. The Morgan fingerprint density at radius 3 is 2.87 bits per heavy atom. The van der Waals surface area contributed by atoms with Gasteiger partial charge in [-0.2, -0.15) is 0 Å². The van der Waals surface area contributed by atoms with Gasteiger partial charge < -0.3 is 14.8 Å². The highest BCUT2D eigenvalue weighted by Gasteiger charge is 2.24. The molecule has 0 radical (unpaired) electrons. The van der Waals surface area contributed by atoms with Crippen LogP contribution in [0.2, 0.25) is 0 Å². The van der Waals surface area contributed by atoms with E-state index in [1.165, 1.54) is 10.5 Å². The molecule has 1 aliphatic rings. The second-order valence-corrected chi connectivity index (χ2v) is 6.14. The van der Waals surface area contributed by atoms with Gasteiger partial charge in [-0.3, -0.25) is 9.78 Å². The maximum absolute atomic E-state index is 12.2. The first-order valence-electron chi connectivity index (χ1n) is 7.77. The Labute approximate surface area is 140 Å². The SMILES string of the molecule is C=CCn1c2c(c(=O)[nH]c1=S)C[NH+](CCc1ccccc1)CN2. The number of benzene rings is 1. The van der Waals surface area contributed by atoms with Gasteiger partial charge >= 0.3 is 0 Å². The molecule has 1 aromatic carbocycles. The van der Waals surface area contributed by atoms with Crippen LogP contribution in [0.4, 0.5) is 5.82 Å². The lowest BCUT2D eigenvalue weighted by atomic mass is 10.1. The maximum atomic E-state index is 12.2. The van der Waals surface area contributed by atoms with Crippen molar-refractivity contribution in [3.05, 3.63) is 69.2 Å². The van der Waals surface area contributed by atoms with Crippen molar-refractivity contribution in [3.63, 3.8) is 0 Å². The zero-order valence-corrected chi connectivity index (χ0v) is 13.8. The van der Waals surface area contributed by atoms with E-state index < -0.39 is 0 Å². The van der Waals surface area contributed by atoms with E-state index in [1.807, 2.05) is 10.6 Å². The normalized spacial score (nSPS) is 16.4. The molecule has 2 aromatic rings. The molecule has 5 nitrogen and oxygen atoms in total. The number of rotatable bonds is 5. The first-order chi connectivity index (χ1) is 11.2. The minimum absolute atomic E-state index is 0.0882. The molecule has 1 unspecified atom stereocenters. The molecule has 2 heterocycles. The van der Waals surface area contributed by atoms with Crippen LogP contribution in [0.25, 0.3) is 0 Å². The lowest BCUT2D eigenvalue weighted by Crippen LogP contribution is -3.13. The number of anilines is 1. The number of fused-ring (bicyclic) bond motifs is 1. The number of nitrogens with one attached hydrogen (secondary N) is 3. The van der Waals surface area contributed by atoms with Crippen molar-refractivity contribution in [3.8, 4) is 0 Å². The van der Waals surface area contributed by atoms with Gasteiger partial charge in [-0.15, -0.1) is 6.58 Å². The van der Waals surface area contributed by atoms with E-state index in [0.717, 1.165) is 31.0 Å². The van der Waals surface area contributed by atoms with Gasteiger partial charge in [-0.1, -0.05) is 36.4 Å². The fraction of sp³-hybridized carbons (Fsp3) is 0.294. The summed E-state index contributed by atoms with van der Waals surface area (Å²) in [6, 6.07) is 10.4. The van der Waals surface area contributed by atoms with Gasteiger partial charge in [0.2, 0.25) is 0 Å². The predicted octanol–water partition coefficient (Wildman–Crippen LogP) is 1.10. The molecule has 0 saturated heterocycles.